The van der Waals surface area contributed by atoms with E-state index < -0.39 is 12.0 Å². The Balaban J connectivity index is 1.59. The summed E-state index contributed by atoms with van der Waals surface area (Å²) >= 11 is 0. The van der Waals surface area contributed by atoms with Crippen molar-refractivity contribution in [3.05, 3.63) is 58.1 Å². The Kier molecular flexibility index (Phi) is 3.18. The van der Waals surface area contributed by atoms with Gasteiger partial charge in [0.25, 0.3) is 5.56 Å². The average molecular weight is 311 g/mol. The van der Waals surface area contributed by atoms with Gasteiger partial charge in [0.15, 0.2) is 5.82 Å². The van der Waals surface area contributed by atoms with Gasteiger partial charge in [-0.1, -0.05) is 30.3 Å². The van der Waals surface area contributed by atoms with Gasteiger partial charge in [-0.25, -0.2) is 9.78 Å². The SMILES string of the molecule is O=C(O)[C@@H]1CCc2cnc(N3CC(c4ccccc4)C3)c(=O)n21. The third-order valence-corrected chi connectivity index (χ3v) is 4.78. The average Bonchev–Trinajstić information content (AvgIpc) is 2.94. The minimum atomic E-state index is -0.950. The molecule has 1 saturated heterocycles. The first-order valence-electron chi connectivity index (χ1n) is 7.78. The highest BCUT2D eigenvalue weighted by Gasteiger charge is 2.35. The van der Waals surface area contributed by atoms with Crippen LogP contribution in [-0.2, 0) is 11.2 Å². The molecule has 1 aromatic carbocycles. The van der Waals surface area contributed by atoms with Gasteiger partial charge in [0.2, 0.25) is 0 Å². The first-order chi connectivity index (χ1) is 11.1. The molecule has 0 saturated carbocycles. The van der Waals surface area contributed by atoms with E-state index in [1.165, 1.54) is 10.1 Å². The van der Waals surface area contributed by atoms with E-state index in [9.17, 15) is 14.7 Å². The van der Waals surface area contributed by atoms with Crippen molar-refractivity contribution in [2.45, 2.75) is 24.8 Å². The fraction of sp³-hybridized carbons (Fsp3) is 0.353. The lowest BCUT2D eigenvalue weighted by atomic mass is 9.91. The summed E-state index contributed by atoms with van der Waals surface area (Å²) in [7, 11) is 0. The quantitative estimate of drug-likeness (QED) is 0.928. The number of nitrogens with zero attached hydrogens (tertiary/aromatic N) is 3. The van der Waals surface area contributed by atoms with Crippen molar-refractivity contribution in [3.8, 4) is 0 Å². The van der Waals surface area contributed by atoms with Gasteiger partial charge in [0, 0.05) is 30.9 Å². The topological polar surface area (TPSA) is 75.4 Å². The summed E-state index contributed by atoms with van der Waals surface area (Å²) in [6.45, 7) is 1.48. The molecule has 0 spiro atoms. The smallest absolute Gasteiger partial charge is 0.326 e. The number of hydrogen-bond donors (Lipinski definition) is 1. The Labute approximate surface area is 133 Å². The van der Waals surface area contributed by atoms with E-state index in [1.807, 2.05) is 23.1 Å². The van der Waals surface area contributed by atoms with Crippen LogP contribution in [0.5, 0.6) is 0 Å². The third kappa shape index (κ3) is 2.21. The second-order valence-corrected chi connectivity index (χ2v) is 6.15. The molecule has 1 aromatic heterocycles. The zero-order chi connectivity index (χ0) is 16.0. The molecule has 0 amide bonds. The first kappa shape index (κ1) is 14.0. The molecule has 1 fully saturated rings. The predicted octanol–water partition coefficient (Wildman–Crippen LogP) is 1.42. The van der Waals surface area contributed by atoms with Crippen molar-refractivity contribution < 1.29 is 9.90 Å². The number of hydrogen-bond acceptors (Lipinski definition) is 4. The number of aromatic nitrogens is 2. The predicted molar refractivity (Wildman–Crippen MR) is 84.9 cm³/mol. The van der Waals surface area contributed by atoms with Crippen LogP contribution in [0.25, 0.3) is 0 Å². The molecule has 1 N–H and O–H groups in total. The highest BCUT2D eigenvalue weighted by Crippen LogP contribution is 2.30. The number of carbonyl (C=O) groups is 1. The van der Waals surface area contributed by atoms with E-state index in [0.717, 1.165) is 13.1 Å². The molecule has 0 radical (unpaired) electrons. The molecule has 2 aliphatic heterocycles. The molecule has 2 aliphatic rings. The van der Waals surface area contributed by atoms with Crippen LogP contribution in [0.1, 0.15) is 29.6 Å². The monoisotopic (exact) mass is 311 g/mol. The van der Waals surface area contributed by atoms with E-state index in [-0.39, 0.29) is 5.56 Å². The maximum absolute atomic E-state index is 12.6. The summed E-state index contributed by atoms with van der Waals surface area (Å²) in [6.07, 6.45) is 2.70. The zero-order valence-corrected chi connectivity index (χ0v) is 12.6. The third-order valence-electron chi connectivity index (χ3n) is 4.78. The molecule has 0 unspecified atom stereocenters. The minimum absolute atomic E-state index is 0.279. The van der Waals surface area contributed by atoms with Crippen LogP contribution in [0.15, 0.2) is 41.3 Å². The molecule has 23 heavy (non-hydrogen) atoms. The van der Waals surface area contributed by atoms with Crippen LogP contribution < -0.4 is 10.5 Å². The molecule has 0 bridgehead atoms. The lowest BCUT2D eigenvalue weighted by molar-refractivity contribution is -0.140. The van der Waals surface area contributed by atoms with Crippen molar-refractivity contribution in [3.63, 3.8) is 0 Å². The Morgan fingerprint density at radius 2 is 1.96 bits per heavy atom. The number of rotatable bonds is 3. The lowest BCUT2D eigenvalue weighted by Gasteiger charge is -2.40. The minimum Gasteiger partial charge on any atom is -0.480 e. The summed E-state index contributed by atoms with van der Waals surface area (Å²) in [5.74, 6) is -0.186. The Bertz CT molecular complexity index is 810. The van der Waals surface area contributed by atoms with E-state index in [0.29, 0.717) is 30.3 Å². The molecule has 6 nitrogen and oxygen atoms in total. The maximum atomic E-state index is 12.6. The van der Waals surface area contributed by atoms with Crippen LogP contribution in [0.3, 0.4) is 0 Å². The van der Waals surface area contributed by atoms with Gasteiger partial charge >= 0.3 is 5.97 Å². The summed E-state index contributed by atoms with van der Waals surface area (Å²) < 4.78 is 1.40. The number of benzene rings is 1. The molecular formula is C17H17N3O3. The number of carboxylic acid groups (broad SMARTS) is 1. The van der Waals surface area contributed by atoms with Gasteiger partial charge in [0.05, 0.1) is 0 Å². The molecule has 3 heterocycles. The highest BCUT2D eigenvalue weighted by atomic mass is 16.4. The summed E-state index contributed by atoms with van der Waals surface area (Å²) in [5, 5.41) is 9.28. The number of anilines is 1. The second-order valence-electron chi connectivity index (χ2n) is 6.15. The van der Waals surface area contributed by atoms with E-state index in [2.05, 4.69) is 17.1 Å². The Morgan fingerprint density at radius 1 is 1.22 bits per heavy atom. The number of carboxylic acids is 1. The first-order valence-corrected chi connectivity index (χ1v) is 7.78. The van der Waals surface area contributed by atoms with Crippen LogP contribution >= 0.6 is 0 Å². The second kappa shape index (κ2) is 5.22. The molecule has 1 atom stereocenters. The van der Waals surface area contributed by atoms with Crippen molar-refractivity contribution in [1.82, 2.24) is 9.55 Å². The molecule has 6 heteroatoms. The van der Waals surface area contributed by atoms with E-state index >= 15 is 0 Å². The van der Waals surface area contributed by atoms with Crippen molar-refractivity contribution >= 4 is 11.8 Å². The van der Waals surface area contributed by atoms with Crippen LogP contribution in [0.4, 0.5) is 5.82 Å². The number of aliphatic carboxylic acids is 1. The van der Waals surface area contributed by atoms with Gasteiger partial charge in [-0.2, -0.15) is 0 Å². The number of aryl methyl sites for hydroxylation is 1. The van der Waals surface area contributed by atoms with E-state index in [1.54, 1.807) is 6.20 Å². The summed E-state index contributed by atoms with van der Waals surface area (Å²) in [5.41, 5.74) is 1.69. The molecule has 118 valence electrons. The van der Waals surface area contributed by atoms with Crippen LogP contribution in [-0.4, -0.2) is 33.7 Å². The molecule has 2 aromatic rings. The Morgan fingerprint density at radius 3 is 2.65 bits per heavy atom. The van der Waals surface area contributed by atoms with Crippen molar-refractivity contribution in [2.24, 2.45) is 0 Å². The summed E-state index contributed by atoms with van der Waals surface area (Å²) in [6, 6.07) is 9.43. The van der Waals surface area contributed by atoms with Crippen molar-refractivity contribution in [2.75, 3.05) is 18.0 Å². The maximum Gasteiger partial charge on any atom is 0.326 e. The standard InChI is InChI=1S/C17H17N3O3/c21-16-15(18-8-13-6-7-14(17(22)23)20(13)16)19-9-12(10-19)11-4-2-1-3-5-11/h1-5,8,12,14H,6-7,9-10H2,(H,22,23)/t14-/m0/s1. The van der Waals surface area contributed by atoms with Gasteiger partial charge in [-0.15, -0.1) is 0 Å². The van der Waals surface area contributed by atoms with Gasteiger partial charge < -0.3 is 10.0 Å². The largest absolute Gasteiger partial charge is 0.480 e. The van der Waals surface area contributed by atoms with Gasteiger partial charge in [0.1, 0.15) is 6.04 Å². The van der Waals surface area contributed by atoms with Crippen LogP contribution in [0, 0.1) is 0 Å². The fourth-order valence-corrected chi connectivity index (χ4v) is 3.47. The lowest BCUT2D eigenvalue weighted by Crippen LogP contribution is -2.48. The fourth-order valence-electron chi connectivity index (χ4n) is 3.47. The van der Waals surface area contributed by atoms with Gasteiger partial charge in [-0.05, 0) is 18.4 Å². The molecular weight excluding hydrogens is 294 g/mol. The Hall–Kier alpha value is -2.63. The highest BCUT2D eigenvalue weighted by molar-refractivity contribution is 5.72. The van der Waals surface area contributed by atoms with E-state index in [4.69, 9.17) is 0 Å². The molecule has 4 rings (SSSR count). The van der Waals surface area contributed by atoms with Gasteiger partial charge in [-0.3, -0.25) is 9.36 Å². The van der Waals surface area contributed by atoms with Crippen LogP contribution in [0.2, 0.25) is 0 Å². The van der Waals surface area contributed by atoms with Crippen molar-refractivity contribution in [1.29, 1.82) is 0 Å². The summed E-state index contributed by atoms with van der Waals surface area (Å²) in [4.78, 5) is 30.2. The normalized spacial score (nSPS) is 20.2. The number of fused-ring (bicyclic) bond motifs is 1. The molecule has 0 aliphatic carbocycles. The zero-order valence-electron chi connectivity index (χ0n) is 12.6.